The number of aromatic nitrogens is 2. The third-order valence-corrected chi connectivity index (χ3v) is 12.2. The molecule has 2 heterocycles. The minimum atomic E-state index is 0.0993. The van der Waals surface area contributed by atoms with Crippen LogP contribution in [0.4, 0.5) is 17.1 Å². The van der Waals surface area contributed by atoms with Gasteiger partial charge in [-0.1, -0.05) is 111 Å². The van der Waals surface area contributed by atoms with Crippen LogP contribution in [-0.4, -0.2) is 9.97 Å². The molecule has 3 aliphatic carbocycles. The molecule has 1 spiro atoms. The van der Waals surface area contributed by atoms with Crippen molar-refractivity contribution in [2.24, 2.45) is 17.8 Å². The molecule has 2 bridgehead atoms. The van der Waals surface area contributed by atoms with Gasteiger partial charge >= 0.3 is 0 Å². The highest BCUT2D eigenvalue weighted by Crippen LogP contribution is 2.64. The van der Waals surface area contributed by atoms with E-state index in [9.17, 15) is 0 Å². The third-order valence-electron chi connectivity index (χ3n) is 12.2. The highest BCUT2D eigenvalue weighted by molar-refractivity contribution is 6.04. The number of hydrogen-bond acceptors (Lipinski definition) is 3. The summed E-state index contributed by atoms with van der Waals surface area (Å²) in [4.78, 5) is 12.1. The molecule has 49 heavy (non-hydrogen) atoms. The van der Waals surface area contributed by atoms with Crippen LogP contribution in [0.15, 0.2) is 140 Å². The summed E-state index contributed by atoms with van der Waals surface area (Å²) in [6.45, 7) is 2.55. The first kappa shape index (κ1) is 28.7. The standard InChI is InChI=1S/C46H39N3/c1-30-25-31-9-7-13-36(26-31)46(30)42-15-6-5-14-40(42)41-28-38(22-23-43(41)46)49(37-20-18-33(19-21-37)32-10-3-2-4-11-32)39-27-35-17-16-34-12-8-24-47-44(34)45(35)48-29-39/h2-6,8,10-12,14-24,27-31,36H,7,9,13,25-26H2,1H3. The van der Waals surface area contributed by atoms with Gasteiger partial charge in [0.1, 0.15) is 0 Å². The van der Waals surface area contributed by atoms with Crippen molar-refractivity contribution in [2.75, 3.05) is 4.90 Å². The molecule has 0 radical (unpaired) electrons. The summed E-state index contributed by atoms with van der Waals surface area (Å²) in [7, 11) is 0. The van der Waals surface area contributed by atoms with E-state index in [4.69, 9.17) is 9.97 Å². The van der Waals surface area contributed by atoms with Crippen LogP contribution in [0.3, 0.4) is 0 Å². The Kier molecular flexibility index (Phi) is 6.52. The topological polar surface area (TPSA) is 29.0 Å². The first-order valence-corrected chi connectivity index (χ1v) is 18.0. The summed E-state index contributed by atoms with van der Waals surface area (Å²) in [5.74, 6) is 2.22. The molecule has 2 saturated carbocycles. The molecule has 3 nitrogen and oxygen atoms in total. The minimum absolute atomic E-state index is 0.0993. The Hall–Kier alpha value is -5.28. The average molecular weight is 634 g/mol. The van der Waals surface area contributed by atoms with Crippen LogP contribution < -0.4 is 4.90 Å². The van der Waals surface area contributed by atoms with Gasteiger partial charge in [-0.3, -0.25) is 9.97 Å². The van der Waals surface area contributed by atoms with Gasteiger partial charge in [0, 0.05) is 33.8 Å². The number of rotatable bonds is 4. The van der Waals surface area contributed by atoms with E-state index in [1.54, 1.807) is 11.1 Å². The molecule has 2 aromatic heterocycles. The van der Waals surface area contributed by atoms with Crippen LogP contribution in [0, 0.1) is 17.8 Å². The van der Waals surface area contributed by atoms with E-state index in [2.05, 4.69) is 133 Å². The number of fused-ring (bicyclic) bond motifs is 11. The van der Waals surface area contributed by atoms with Crippen molar-refractivity contribution in [1.82, 2.24) is 9.97 Å². The Morgan fingerprint density at radius 2 is 1.35 bits per heavy atom. The van der Waals surface area contributed by atoms with E-state index < -0.39 is 0 Å². The van der Waals surface area contributed by atoms with Crippen molar-refractivity contribution in [2.45, 2.75) is 44.4 Å². The quantitative estimate of drug-likeness (QED) is 0.181. The fourth-order valence-corrected chi connectivity index (χ4v) is 10.2. The Bertz CT molecular complexity index is 2360. The molecule has 2 fully saturated rings. The largest absolute Gasteiger partial charge is 0.309 e. The maximum absolute atomic E-state index is 5.06. The van der Waals surface area contributed by atoms with Crippen LogP contribution in [0.2, 0.25) is 0 Å². The summed E-state index contributed by atoms with van der Waals surface area (Å²) in [5, 5.41) is 2.19. The van der Waals surface area contributed by atoms with E-state index in [0.717, 1.165) is 44.8 Å². The second-order valence-corrected chi connectivity index (χ2v) is 14.7. The van der Waals surface area contributed by atoms with Crippen molar-refractivity contribution < 1.29 is 0 Å². The molecule has 7 aromatic rings. The SMILES string of the molecule is CC1CC2CCCC(C2)C12c1ccccc1-c1cc(N(c3ccc(-c4ccccc4)cc3)c3cnc4c(ccc5cccnc54)c3)ccc12. The van der Waals surface area contributed by atoms with Gasteiger partial charge in [0.2, 0.25) is 0 Å². The molecule has 3 heteroatoms. The number of pyridine rings is 2. The molecular formula is C46H39N3. The number of benzene rings is 5. The molecule has 4 atom stereocenters. The zero-order valence-electron chi connectivity index (χ0n) is 27.9. The van der Waals surface area contributed by atoms with Crippen molar-refractivity contribution in [3.63, 3.8) is 0 Å². The van der Waals surface area contributed by atoms with Gasteiger partial charge in [-0.2, -0.15) is 0 Å². The fraction of sp³-hybridized carbons (Fsp3) is 0.217. The molecule has 4 unspecified atom stereocenters. The normalized spacial score (nSPS) is 22.3. The number of hydrogen-bond donors (Lipinski definition) is 0. The lowest BCUT2D eigenvalue weighted by atomic mass is 9.51. The van der Waals surface area contributed by atoms with Gasteiger partial charge in [-0.25, -0.2) is 0 Å². The van der Waals surface area contributed by atoms with E-state index in [1.165, 1.54) is 54.4 Å². The summed E-state index contributed by atoms with van der Waals surface area (Å²) in [5.41, 5.74) is 13.6. The van der Waals surface area contributed by atoms with E-state index in [0.29, 0.717) is 11.8 Å². The van der Waals surface area contributed by atoms with Crippen LogP contribution in [0.25, 0.3) is 44.1 Å². The summed E-state index contributed by atoms with van der Waals surface area (Å²) in [6.07, 6.45) is 10.7. The molecule has 0 saturated heterocycles. The second kappa shape index (κ2) is 11.1. The Morgan fingerprint density at radius 1 is 0.592 bits per heavy atom. The Labute approximate surface area is 288 Å². The molecule has 10 rings (SSSR count). The third kappa shape index (κ3) is 4.34. The summed E-state index contributed by atoms with van der Waals surface area (Å²) in [6, 6.07) is 47.0. The molecular weight excluding hydrogens is 595 g/mol. The van der Waals surface area contributed by atoms with E-state index in [-0.39, 0.29) is 5.41 Å². The first-order valence-electron chi connectivity index (χ1n) is 18.0. The number of nitrogens with zero attached hydrogens (tertiary/aromatic N) is 3. The maximum Gasteiger partial charge on any atom is 0.0966 e. The monoisotopic (exact) mass is 633 g/mol. The molecule has 0 aliphatic heterocycles. The highest BCUT2D eigenvalue weighted by atomic mass is 15.1. The van der Waals surface area contributed by atoms with Crippen LogP contribution >= 0.6 is 0 Å². The number of anilines is 3. The van der Waals surface area contributed by atoms with Gasteiger partial charge in [0.15, 0.2) is 0 Å². The molecule has 238 valence electrons. The van der Waals surface area contributed by atoms with Crippen LogP contribution in [0.5, 0.6) is 0 Å². The average Bonchev–Trinajstić information content (AvgIpc) is 3.45. The lowest BCUT2D eigenvalue weighted by Gasteiger charge is -2.53. The summed E-state index contributed by atoms with van der Waals surface area (Å²) < 4.78 is 0. The fourth-order valence-electron chi connectivity index (χ4n) is 10.2. The highest BCUT2D eigenvalue weighted by Gasteiger charge is 2.55. The van der Waals surface area contributed by atoms with Crippen LogP contribution in [-0.2, 0) is 5.41 Å². The molecule has 0 N–H and O–H groups in total. The molecule has 5 aromatic carbocycles. The zero-order chi connectivity index (χ0) is 32.5. The van der Waals surface area contributed by atoms with Gasteiger partial charge in [-0.15, -0.1) is 0 Å². The van der Waals surface area contributed by atoms with Crippen molar-refractivity contribution >= 4 is 38.9 Å². The first-order chi connectivity index (χ1) is 24.2. The lowest BCUT2D eigenvalue weighted by Crippen LogP contribution is -2.47. The van der Waals surface area contributed by atoms with Gasteiger partial charge in [0.25, 0.3) is 0 Å². The molecule has 3 aliphatic rings. The van der Waals surface area contributed by atoms with Crippen molar-refractivity contribution in [1.29, 1.82) is 0 Å². The van der Waals surface area contributed by atoms with Gasteiger partial charge in [-0.05, 0) is 107 Å². The Morgan fingerprint density at radius 3 is 2.24 bits per heavy atom. The van der Waals surface area contributed by atoms with E-state index >= 15 is 0 Å². The van der Waals surface area contributed by atoms with E-state index in [1.807, 2.05) is 18.5 Å². The lowest BCUT2D eigenvalue weighted by molar-refractivity contribution is 0.0670. The molecule has 0 amide bonds. The van der Waals surface area contributed by atoms with Crippen molar-refractivity contribution in [3.05, 3.63) is 151 Å². The predicted molar refractivity (Wildman–Crippen MR) is 203 cm³/mol. The smallest absolute Gasteiger partial charge is 0.0966 e. The van der Waals surface area contributed by atoms with Crippen molar-refractivity contribution in [3.8, 4) is 22.3 Å². The summed E-state index contributed by atoms with van der Waals surface area (Å²) >= 11 is 0. The zero-order valence-corrected chi connectivity index (χ0v) is 27.9. The minimum Gasteiger partial charge on any atom is -0.309 e. The Balaban J connectivity index is 1.15. The maximum atomic E-state index is 5.06. The van der Waals surface area contributed by atoms with Crippen LogP contribution in [0.1, 0.15) is 50.2 Å². The second-order valence-electron chi connectivity index (χ2n) is 14.7. The van der Waals surface area contributed by atoms with Gasteiger partial charge < -0.3 is 4.90 Å². The predicted octanol–water partition coefficient (Wildman–Crippen LogP) is 12.0. The van der Waals surface area contributed by atoms with Gasteiger partial charge in [0.05, 0.1) is 22.9 Å².